The van der Waals surface area contributed by atoms with Crippen LogP contribution in [0.3, 0.4) is 0 Å². The number of nitrogens with two attached hydrogens (primary N) is 1. The minimum Gasteiger partial charge on any atom is -0.456 e. The van der Waals surface area contributed by atoms with E-state index in [9.17, 15) is 0 Å². The zero-order valence-electron chi connectivity index (χ0n) is 32.0. The summed E-state index contributed by atoms with van der Waals surface area (Å²) < 4.78 is 10.8. The van der Waals surface area contributed by atoms with E-state index in [1.54, 1.807) is 0 Å². The summed E-state index contributed by atoms with van der Waals surface area (Å²) in [7, 11) is 2.17. The molecule has 10 aromatic rings. The second kappa shape index (κ2) is 13.6. The number of aliphatic imine (C=N–C) groups is 2. The molecule has 7 aromatic carbocycles. The van der Waals surface area contributed by atoms with Gasteiger partial charge in [0.05, 0.1) is 11.0 Å². The lowest BCUT2D eigenvalue weighted by molar-refractivity contribution is 0.669. The van der Waals surface area contributed by atoms with Crippen LogP contribution in [0.1, 0.15) is 33.9 Å². The number of aromatic nitrogens is 2. The molecule has 3 heterocycles. The van der Waals surface area contributed by atoms with Crippen molar-refractivity contribution in [1.82, 2.24) is 9.13 Å². The number of para-hydroxylation sites is 3. The van der Waals surface area contributed by atoms with Crippen molar-refractivity contribution in [2.45, 2.75) is 19.0 Å². The molecular weight excluding hydrogens is 711 g/mol. The Bertz CT molecular complexity index is 3320. The highest BCUT2D eigenvalue weighted by atomic mass is 16.3. The van der Waals surface area contributed by atoms with E-state index in [2.05, 4.69) is 125 Å². The number of furan rings is 1. The fraction of sp³-hybridized carbons (Fsp3) is 0.0769. The number of fused-ring (bicyclic) bond motifs is 9. The normalized spacial score (nSPS) is 14.7. The summed E-state index contributed by atoms with van der Waals surface area (Å²) in [5, 5.41) is 5.68. The van der Waals surface area contributed by atoms with Crippen LogP contribution in [0.15, 0.2) is 184 Å². The average molecular weight is 750 g/mol. The number of hydrogen-bond acceptors (Lipinski definition) is 2. The Morgan fingerprint density at radius 3 is 2.24 bits per heavy atom. The predicted molar refractivity (Wildman–Crippen MR) is 241 cm³/mol. The third kappa shape index (κ3) is 5.56. The molecule has 1 aliphatic rings. The van der Waals surface area contributed by atoms with Gasteiger partial charge in [0.2, 0.25) is 0 Å². The second-order valence-corrected chi connectivity index (χ2v) is 15.2. The molecule has 0 amide bonds. The molecule has 278 valence electrons. The molecule has 1 aliphatic carbocycles. The highest BCUT2D eigenvalue weighted by molar-refractivity contribution is 6.20. The Kier molecular flexibility index (Phi) is 7.96. The molecule has 0 spiro atoms. The maximum absolute atomic E-state index is 6.87. The Morgan fingerprint density at radius 2 is 1.36 bits per heavy atom. The van der Waals surface area contributed by atoms with Crippen molar-refractivity contribution >= 4 is 72.4 Å². The van der Waals surface area contributed by atoms with Gasteiger partial charge in [-0.05, 0) is 71.1 Å². The summed E-state index contributed by atoms with van der Waals surface area (Å²) in [6, 6.07) is 57.2. The van der Waals surface area contributed by atoms with E-state index >= 15 is 0 Å². The van der Waals surface area contributed by atoms with Crippen LogP contribution in [0, 0.1) is 0 Å². The molecule has 0 radical (unpaired) electrons. The van der Waals surface area contributed by atoms with E-state index < -0.39 is 0 Å². The number of rotatable bonds is 6. The molecular formula is C52H39N5O. The van der Waals surface area contributed by atoms with Crippen LogP contribution in [0.25, 0.3) is 71.9 Å². The summed E-state index contributed by atoms with van der Waals surface area (Å²) in [6.45, 7) is 0.364. The van der Waals surface area contributed by atoms with E-state index in [-0.39, 0.29) is 0 Å². The van der Waals surface area contributed by atoms with E-state index in [4.69, 9.17) is 20.1 Å². The Hall–Kier alpha value is -7.44. The van der Waals surface area contributed by atoms with E-state index in [1.807, 2.05) is 66.7 Å². The Labute approximate surface area is 335 Å². The van der Waals surface area contributed by atoms with Gasteiger partial charge in [0.15, 0.2) is 5.84 Å². The SMILES string of the molecule is Cn1c2c(c3ccccc31)CC(c1cccc(-c3ccc4c(c3)c3ccccc3n4C/N=C(\N=C(N)c3cccc4oc5ccccc5c34)c3ccccc3)c1)C=C2. The smallest absolute Gasteiger partial charge is 0.158 e. The van der Waals surface area contributed by atoms with Crippen molar-refractivity contribution in [1.29, 1.82) is 0 Å². The molecule has 3 aromatic heterocycles. The molecule has 1 atom stereocenters. The van der Waals surface area contributed by atoms with Crippen molar-refractivity contribution in [3.63, 3.8) is 0 Å². The number of nitrogens with zero attached hydrogens (tertiary/aromatic N) is 4. The highest BCUT2D eigenvalue weighted by Crippen LogP contribution is 2.38. The van der Waals surface area contributed by atoms with Gasteiger partial charge >= 0.3 is 0 Å². The standard InChI is InChI=1S/C52H39N5O/c1-56-44-21-8-5-17-38(44)42-30-36(25-27-45(42)56)34-15-11-16-35(29-34)37-26-28-47-43(31-37)39-18-6-9-22-46(39)57(47)32-54-52(33-13-3-2-4-14-33)55-51(53)41-20-12-24-49-50(41)40-19-7-10-23-48(40)58-49/h2-29,31,36H,30,32H2,1H3,(H2,53,54,55). The minimum absolute atomic E-state index is 0.309. The zero-order valence-corrected chi connectivity index (χ0v) is 32.0. The van der Waals surface area contributed by atoms with Gasteiger partial charge in [-0.1, -0.05) is 133 Å². The van der Waals surface area contributed by atoms with Crippen LogP contribution >= 0.6 is 0 Å². The van der Waals surface area contributed by atoms with Crippen LogP contribution in [-0.4, -0.2) is 20.8 Å². The fourth-order valence-electron chi connectivity index (χ4n) is 9.06. The molecule has 0 saturated carbocycles. The molecule has 6 nitrogen and oxygen atoms in total. The first-order valence-electron chi connectivity index (χ1n) is 19.8. The monoisotopic (exact) mass is 749 g/mol. The van der Waals surface area contributed by atoms with Crippen molar-refractivity contribution < 1.29 is 4.42 Å². The Morgan fingerprint density at radius 1 is 0.655 bits per heavy atom. The molecule has 0 aliphatic heterocycles. The van der Waals surface area contributed by atoms with Crippen molar-refractivity contribution in [2.75, 3.05) is 0 Å². The van der Waals surface area contributed by atoms with Crippen LogP contribution in [0.5, 0.6) is 0 Å². The van der Waals surface area contributed by atoms with Gasteiger partial charge < -0.3 is 19.3 Å². The summed E-state index contributed by atoms with van der Waals surface area (Å²) in [6.07, 6.45) is 5.67. The first-order chi connectivity index (χ1) is 28.6. The lowest BCUT2D eigenvalue weighted by Crippen LogP contribution is -2.17. The van der Waals surface area contributed by atoms with E-state index in [1.165, 1.54) is 49.6 Å². The van der Waals surface area contributed by atoms with Crippen LogP contribution in [-0.2, 0) is 20.1 Å². The summed E-state index contributed by atoms with van der Waals surface area (Å²) in [4.78, 5) is 10.2. The summed E-state index contributed by atoms with van der Waals surface area (Å²) in [5.74, 6) is 1.26. The van der Waals surface area contributed by atoms with Gasteiger partial charge in [-0.15, -0.1) is 0 Å². The molecule has 58 heavy (non-hydrogen) atoms. The first-order valence-corrected chi connectivity index (χ1v) is 19.8. The summed E-state index contributed by atoms with van der Waals surface area (Å²) >= 11 is 0. The first kappa shape index (κ1) is 33.9. The largest absolute Gasteiger partial charge is 0.456 e. The van der Waals surface area contributed by atoms with E-state index in [0.29, 0.717) is 24.3 Å². The highest BCUT2D eigenvalue weighted by Gasteiger charge is 2.22. The zero-order chi connectivity index (χ0) is 38.7. The van der Waals surface area contributed by atoms with Gasteiger partial charge in [0.25, 0.3) is 0 Å². The predicted octanol–water partition coefficient (Wildman–Crippen LogP) is 12.0. The lowest BCUT2D eigenvalue weighted by Gasteiger charge is -2.19. The van der Waals surface area contributed by atoms with Crippen molar-refractivity contribution in [2.24, 2.45) is 22.8 Å². The average Bonchev–Trinajstić information content (AvgIpc) is 3.92. The van der Waals surface area contributed by atoms with Gasteiger partial charge in [-0.25, -0.2) is 9.98 Å². The number of hydrogen-bond donors (Lipinski definition) is 1. The van der Waals surface area contributed by atoms with Gasteiger partial charge in [-0.2, -0.15) is 0 Å². The second-order valence-electron chi connectivity index (χ2n) is 15.2. The molecule has 11 rings (SSSR count). The van der Waals surface area contributed by atoms with Crippen molar-refractivity contribution in [3.05, 3.63) is 198 Å². The third-order valence-corrected chi connectivity index (χ3v) is 11.9. The third-order valence-electron chi connectivity index (χ3n) is 11.9. The van der Waals surface area contributed by atoms with Crippen LogP contribution in [0.4, 0.5) is 0 Å². The van der Waals surface area contributed by atoms with Crippen LogP contribution < -0.4 is 5.73 Å². The lowest BCUT2D eigenvalue weighted by atomic mass is 9.85. The molecule has 0 bridgehead atoms. The van der Waals surface area contributed by atoms with Crippen molar-refractivity contribution in [3.8, 4) is 11.1 Å². The maximum atomic E-state index is 6.87. The number of amidine groups is 2. The maximum Gasteiger partial charge on any atom is 0.158 e. The van der Waals surface area contributed by atoms with Gasteiger partial charge in [-0.3, -0.25) is 0 Å². The molecule has 0 fully saturated rings. The van der Waals surface area contributed by atoms with Gasteiger partial charge in [0.1, 0.15) is 23.7 Å². The molecule has 6 heteroatoms. The number of aryl methyl sites for hydroxylation is 1. The molecule has 1 unspecified atom stereocenters. The quantitative estimate of drug-likeness (QED) is 0.136. The molecule has 2 N–H and O–H groups in total. The molecule has 0 saturated heterocycles. The van der Waals surface area contributed by atoms with E-state index in [0.717, 1.165) is 50.5 Å². The van der Waals surface area contributed by atoms with Gasteiger partial charge in [0, 0.05) is 62.2 Å². The minimum atomic E-state index is 0.309. The number of allylic oxidation sites excluding steroid dienone is 1. The van der Waals surface area contributed by atoms with Crippen LogP contribution in [0.2, 0.25) is 0 Å². The topological polar surface area (TPSA) is 73.7 Å². The summed E-state index contributed by atoms with van der Waals surface area (Å²) in [5.41, 5.74) is 20.2. The Balaban J connectivity index is 0.960. The fourth-order valence-corrected chi connectivity index (χ4v) is 9.06. The number of benzene rings is 7.